The van der Waals surface area contributed by atoms with E-state index in [0.29, 0.717) is 11.1 Å². The third-order valence-corrected chi connectivity index (χ3v) is 6.79. The van der Waals surface area contributed by atoms with Crippen LogP contribution in [0.5, 0.6) is 0 Å². The predicted octanol–water partition coefficient (Wildman–Crippen LogP) is 3.41. The molecule has 2 heterocycles. The lowest BCUT2D eigenvalue weighted by molar-refractivity contribution is -0.147. The van der Waals surface area contributed by atoms with Crippen molar-refractivity contribution < 1.29 is 19.2 Å². The van der Waals surface area contributed by atoms with Crippen LogP contribution < -0.4 is 5.32 Å². The number of fused-ring (bicyclic) bond motifs is 1. The summed E-state index contributed by atoms with van der Waals surface area (Å²) in [6, 6.07) is 15.0. The Bertz CT molecular complexity index is 1080. The molecule has 1 aliphatic carbocycles. The molecule has 0 unspecified atom stereocenters. The van der Waals surface area contributed by atoms with Gasteiger partial charge in [0.1, 0.15) is 5.92 Å². The summed E-state index contributed by atoms with van der Waals surface area (Å²) < 4.78 is 0. The Kier molecular flexibility index (Phi) is 5.25. The molecule has 5 amide bonds. The van der Waals surface area contributed by atoms with E-state index in [2.05, 4.69) is 5.32 Å². The van der Waals surface area contributed by atoms with Crippen LogP contribution in [0, 0.1) is 5.92 Å². The molecule has 0 radical (unpaired) electrons. The predicted molar refractivity (Wildman–Crippen MR) is 116 cm³/mol. The van der Waals surface area contributed by atoms with Crippen molar-refractivity contribution in [1.82, 2.24) is 15.1 Å². The van der Waals surface area contributed by atoms with Crippen LogP contribution in [0.3, 0.4) is 0 Å². The van der Waals surface area contributed by atoms with Crippen LogP contribution >= 0.6 is 0 Å². The minimum absolute atomic E-state index is 0.207. The maximum Gasteiger partial charge on any atom is 0.331 e. The molecule has 0 spiro atoms. The summed E-state index contributed by atoms with van der Waals surface area (Å²) in [7, 11) is 0. The zero-order valence-corrected chi connectivity index (χ0v) is 17.7. The topological polar surface area (TPSA) is 86.8 Å². The third-order valence-electron chi connectivity index (χ3n) is 6.79. The van der Waals surface area contributed by atoms with Crippen LogP contribution in [0.1, 0.15) is 59.6 Å². The molecule has 3 aliphatic rings. The minimum Gasteiger partial charge on any atom is -0.326 e. The van der Waals surface area contributed by atoms with Crippen molar-refractivity contribution in [2.24, 2.45) is 5.92 Å². The lowest BCUT2D eigenvalue weighted by Crippen LogP contribution is -2.63. The van der Waals surface area contributed by atoms with E-state index in [9.17, 15) is 19.2 Å². The molecule has 2 atom stereocenters. The van der Waals surface area contributed by atoms with Gasteiger partial charge >= 0.3 is 6.03 Å². The molecule has 7 nitrogen and oxygen atoms in total. The highest BCUT2D eigenvalue weighted by atomic mass is 16.2. The van der Waals surface area contributed by atoms with Crippen molar-refractivity contribution in [3.63, 3.8) is 0 Å². The molecule has 32 heavy (non-hydrogen) atoms. The van der Waals surface area contributed by atoms with Crippen molar-refractivity contribution in [1.29, 1.82) is 0 Å². The molecule has 2 aliphatic heterocycles. The van der Waals surface area contributed by atoms with E-state index in [1.165, 1.54) is 4.90 Å². The molecule has 2 aromatic carbocycles. The number of benzene rings is 2. The molecule has 2 aromatic rings. The number of hydrogen-bond acceptors (Lipinski definition) is 4. The second-order valence-electron chi connectivity index (χ2n) is 8.72. The average Bonchev–Trinajstić information content (AvgIpc) is 3.07. The zero-order valence-electron chi connectivity index (χ0n) is 17.7. The Morgan fingerprint density at radius 2 is 1.53 bits per heavy atom. The minimum atomic E-state index is -1.16. The standard InChI is InChI=1S/C25H25N3O4/c29-22-20(24(31)28(25(32)26-22)17-11-5-2-6-12-17)21-18-13-7-8-14-19(18)23(30)27(21)15-16-9-3-1-4-10-16/h1,3-4,7-10,13-14,17,20-21H,2,5-6,11-12,15H2,(H,26,29,32)/t20-,21+/m1/s1. The number of barbiturate groups is 1. The number of carbonyl (C=O) groups excluding carboxylic acids is 4. The number of amides is 5. The van der Waals surface area contributed by atoms with Crippen LogP contribution in [0.4, 0.5) is 4.79 Å². The number of nitrogens with zero attached hydrogens (tertiary/aromatic N) is 2. The monoisotopic (exact) mass is 431 g/mol. The van der Waals surface area contributed by atoms with Crippen molar-refractivity contribution in [3.05, 3.63) is 71.3 Å². The lowest BCUT2D eigenvalue weighted by Gasteiger charge is -2.40. The molecule has 1 N–H and O–H groups in total. The maximum atomic E-state index is 13.7. The van der Waals surface area contributed by atoms with Gasteiger partial charge in [0.25, 0.3) is 5.91 Å². The van der Waals surface area contributed by atoms with E-state index < -0.39 is 29.8 Å². The molecular weight excluding hydrogens is 406 g/mol. The Morgan fingerprint density at radius 3 is 2.28 bits per heavy atom. The van der Waals surface area contributed by atoms with E-state index >= 15 is 0 Å². The number of carbonyl (C=O) groups is 4. The first-order chi connectivity index (χ1) is 15.6. The second kappa shape index (κ2) is 8.22. The van der Waals surface area contributed by atoms with Crippen LogP contribution in [0.2, 0.25) is 0 Å². The Balaban J connectivity index is 1.54. The summed E-state index contributed by atoms with van der Waals surface area (Å²) in [5, 5.41) is 2.40. The third kappa shape index (κ3) is 3.38. The van der Waals surface area contributed by atoms with Crippen molar-refractivity contribution in [2.45, 2.75) is 50.7 Å². The molecule has 1 saturated heterocycles. The number of urea groups is 1. The van der Waals surface area contributed by atoms with Crippen molar-refractivity contribution in [2.75, 3.05) is 0 Å². The van der Waals surface area contributed by atoms with E-state index in [1.54, 1.807) is 29.2 Å². The van der Waals surface area contributed by atoms with Gasteiger partial charge in [0, 0.05) is 18.2 Å². The Hall–Kier alpha value is -3.48. The number of imide groups is 2. The molecule has 1 saturated carbocycles. The smallest absolute Gasteiger partial charge is 0.326 e. The van der Waals surface area contributed by atoms with Crippen molar-refractivity contribution in [3.8, 4) is 0 Å². The summed E-state index contributed by atoms with van der Waals surface area (Å²) in [6.45, 7) is 0.271. The van der Waals surface area contributed by atoms with Gasteiger partial charge in [-0.2, -0.15) is 0 Å². The van der Waals surface area contributed by atoms with Gasteiger partial charge in [0.2, 0.25) is 11.8 Å². The molecule has 0 aromatic heterocycles. The van der Waals surface area contributed by atoms with E-state index in [-0.39, 0.29) is 18.5 Å². The van der Waals surface area contributed by atoms with Gasteiger partial charge in [0.15, 0.2) is 0 Å². The first-order valence-corrected chi connectivity index (χ1v) is 11.2. The number of rotatable bonds is 4. The average molecular weight is 431 g/mol. The van der Waals surface area contributed by atoms with Gasteiger partial charge in [-0.1, -0.05) is 67.8 Å². The lowest BCUT2D eigenvalue weighted by atomic mass is 9.87. The van der Waals surface area contributed by atoms with E-state index in [0.717, 1.165) is 37.7 Å². The van der Waals surface area contributed by atoms with Gasteiger partial charge in [-0.25, -0.2) is 4.79 Å². The summed E-state index contributed by atoms with van der Waals surface area (Å²) >= 11 is 0. The first-order valence-electron chi connectivity index (χ1n) is 11.2. The second-order valence-corrected chi connectivity index (χ2v) is 8.72. The van der Waals surface area contributed by atoms with Gasteiger partial charge in [-0.15, -0.1) is 0 Å². The molecular formula is C25H25N3O4. The highest BCUT2D eigenvalue weighted by Gasteiger charge is 2.53. The Labute approximate surface area is 186 Å². The first kappa shape index (κ1) is 20.4. The molecule has 5 rings (SSSR count). The molecule has 0 bridgehead atoms. The van der Waals surface area contributed by atoms with E-state index in [4.69, 9.17) is 0 Å². The normalized spacial score (nSPS) is 24.0. The van der Waals surface area contributed by atoms with Crippen LogP contribution in [-0.2, 0) is 16.1 Å². The van der Waals surface area contributed by atoms with Gasteiger partial charge in [-0.05, 0) is 30.0 Å². The summed E-state index contributed by atoms with van der Waals surface area (Å²) in [5.41, 5.74) is 2.05. The fourth-order valence-electron chi connectivity index (χ4n) is 5.28. The largest absolute Gasteiger partial charge is 0.331 e. The highest BCUT2D eigenvalue weighted by molar-refractivity contribution is 6.17. The maximum absolute atomic E-state index is 13.7. The molecule has 164 valence electrons. The summed E-state index contributed by atoms with van der Waals surface area (Å²) in [4.78, 5) is 55.5. The number of hydrogen-bond donors (Lipinski definition) is 1. The molecule has 2 fully saturated rings. The van der Waals surface area contributed by atoms with Gasteiger partial charge in [0.05, 0.1) is 6.04 Å². The molecule has 7 heteroatoms. The zero-order chi connectivity index (χ0) is 22.2. The van der Waals surface area contributed by atoms with Crippen LogP contribution in [0.25, 0.3) is 0 Å². The van der Waals surface area contributed by atoms with Crippen LogP contribution in [-0.4, -0.2) is 39.6 Å². The highest BCUT2D eigenvalue weighted by Crippen LogP contribution is 2.42. The Morgan fingerprint density at radius 1 is 0.844 bits per heavy atom. The summed E-state index contributed by atoms with van der Waals surface area (Å²) in [5.74, 6) is -2.51. The van der Waals surface area contributed by atoms with Gasteiger partial charge < -0.3 is 4.90 Å². The summed E-state index contributed by atoms with van der Waals surface area (Å²) in [6.07, 6.45) is 4.47. The van der Waals surface area contributed by atoms with Gasteiger partial charge in [-0.3, -0.25) is 24.6 Å². The van der Waals surface area contributed by atoms with E-state index in [1.807, 2.05) is 30.3 Å². The van der Waals surface area contributed by atoms with Crippen molar-refractivity contribution >= 4 is 23.8 Å². The fraction of sp³-hybridized carbons (Fsp3) is 0.360. The van der Waals surface area contributed by atoms with Crippen LogP contribution in [0.15, 0.2) is 54.6 Å². The quantitative estimate of drug-likeness (QED) is 0.752. The fourth-order valence-corrected chi connectivity index (χ4v) is 5.28. The SMILES string of the molecule is O=C1NC(=O)N(C2CCCCC2)C(=O)[C@@H]1[C@@H]1c2ccccc2C(=O)N1Cc1ccccc1. The number of nitrogens with one attached hydrogen (secondary N) is 1.